The fourth-order valence-electron chi connectivity index (χ4n) is 4.51. The Hall–Kier alpha value is -3.08. The van der Waals surface area contributed by atoms with Crippen LogP contribution >= 0.6 is 0 Å². The minimum Gasteiger partial charge on any atom is -0.493 e. The van der Waals surface area contributed by atoms with Gasteiger partial charge >= 0.3 is 5.97 Å². The SMILES string of the molecule is CC[C@@H](C(=O)O)[C@H]1CCc2cc(OCCc3nc(-c4ccc(C)cc4)oc3C)ccc21. The molecule has 3 aromatic rings. The summed E-state index contributed by atoms with van der Waals surface area (Å²) in [5.41, 5.74) is 5.46. The van der Waals surface area contributed by atoms with E-state index >= 15 is 0 Å². The molecule has 1 aliphatic carbocycles. The molecule has 0 saturated heterocycles. The average Bonchev–Trinajstić information content (AvgIpc) is 3.32. The molecule has 2 atom stereocenters. The first-order valence-corrected chi connectivity index (χ1v) is 11.0. The molecule has 0 aliphatic heterocycles. The number of hydrogen-bond acceptors (Lipinski definition) is 4. The topological polar surface area (TPSA) is 72.6 Å². The van der Waals surface area contributed by atoms with Crippen LogP contribution in [0.5, 0.6) is 5.75 Å². The van der Waals surface area contributed by atoms with Crippen LogP contribution in [-0.2, 0) is 17.6 Å². The third kappa shape index (κ3) is 4.50. The van der Waals surface area contributed by atoms with Crippen molar-refractivity contribution in [1.29, 1.82) is 0 Å². The molecule has 5 nitrogen and oxygen atoms in total. The Kier molecular flexibility index (Phi) is 6.12. The maximum Gasteiger partial charge on any atom is 0.307 e. The van der Waals surface area contributed by atoms with Crippen molar-refractivity contribution in [2.24, 2.45) is 5.92 Å². The lowest BCUT2D eigenvalue weighted by Crippen LogP contribution is -2.19. The fourth-order valence-corrected chi connectivity index (χ4v) is 4.51. The summed E-state index contributed by atoms with van der Waals surface area (Å²) in [5, 5.41) is 9.51. The Morgan fingerprint density at radius 3 is 2.71 bits per heavy atom. The van der Waals surface area contributed by atoms with Gasteiger partial charge in [0, 0.05) is 12.0 Å². The normalized spacial score (nSPS) is 16.2. The lowest BCUT2D eigenvalue weighted by Gasteiger charge is -2.19. The van der Waals surface area contributed by atoms with Gasteiger partial charge in [-0.25, -0.2) is 4.98 Å². The zero-order valence-electron chi connectivity index (χ0n) is 18.4. The molecule has 31 heavy (non-hydrogen) atoms. The number of carboxylic acids is 1. The molecular formula is C26H29NO4. The number of aryl methyl sites for hydroxylation is 3. The van der Waals surface area contributed by atoms with Gasteiger partial charge in [-0.2, -0.15) is 0 Å². The van der Waals surface area contributed by atoms with Crippen molar-refractivity contribution in [1.82, 2.24) is 4.98 Å². The Balaban J connectivity index is 1.39. The second-order valence-corrected chi connectivity index (χ2v) is 8.35. The zero-order valence-corrected chi connectivity index (χ0v) is 18.4. The van der Waals surface area contributed by atoms with Crippen molar-refractivity contribution in [3.63, 3.8) is 0 Å². The second-order valence-electron chi connectivity index (χ2n) is 8.35. The molecular weight excluding hydrogens is 390 g/mol. The highest BCUT2D eigenvalue weighted by Crippen LogP contribution is 2.41. The van der Waals surface area contributed by atoms with Crippen LogP contribution in [0, 0.1) is 19.8 Å². The molecule has 1 heterocycles. The average molecular weight is 420 g/mol. The van der Waals surface area contributed by atoms with Gasteiger partial charge in [0.05, 0.1) is 18.2 Å². The smallest absolute Gasteiger partial charge is 0.307 e. The molecule has 0 saturated carbocycles. The van der Waals surface area contributed by atoms with Gasteiger partial charge in [0.15, 0.2) is 0 Å². The Morgan fingerprint density at radius 2 is 2.00 bits per heavy atom. The number of oxazole rings is 1. The maximum atomic E-state index is 11.6. The van der Waals surface area contributed by atoms with E-state index in [0.717, 1.165) is 41.2 Å². The molecule has 1 aliphatic rings. The predicted molar refractivity (Wildman–Crippen MR) is 120 cm³/mol. The van der Waals surface area contributed by atoms with E-state index in [2.05, 4.69) is 30.1 Å². The Morgan fingerprint density at radius 1 is 1.23 bits per heavy atom. The van der Waals surface area contributed by atoms with E-state index in [4.69, 9.17) is 9.15 Å². The van der Waals surface area contributed by atoms with Crippen molar-refractivity contribution in [3.05, 3.63) is 70.6 Å². The number of nitrogens with zero attached hydrogens (tertiary/aromatic N) is 1. The van der Waals surface area contributed by atoms with Gasteiger partial charge in [0.1, 0.15) is 11.5 Å². The molecule has 1 aromatic heterocycles. The molecule has 5 heteroatoms. The number of rotatable bonds is 8. The number of aliphatic carboxylic acids is 1. The van der Waals surface area contributed by atoms with Gasteiger partial charge in [0.25, 0.3) is 0 Å². The first kappa shape index (κ1) is 21.2. The first-order chi connectivity index (χ1) is 15.0. The summed E-state index contributed by atoms with van der Waals surface area (Å²) >= 11 is 0. The maximum absolute atomic E-state index is 11.6. The number of carbonyl (C=O) groups is 1. The molecule has 1 N–H and O–H groups in total. The summed E-state index contributed by atoms with van der Waals surface area (Å²) < 4.78 is 11.8. The summed E-state index contributed by atoms with van der Waals surface area (Å²) in [4.78, 5) is 16.2. The number of carboxylic acid groups (broad SMARTS) is 1. The van der Waals surface area contributed by atoms with E-state index in [1.54, 1.807) is 0 Å². The van der Waals surface area contributed by atoms with Crippen molar-refractivity contribution in [2.75, 3.05) is 6.61 Å². The first-order valence-electron chi connectivity index (χ1n) is 11.0. The van der Waals surface area contributed by atoms with Crippen LogP contribution in [0.1, 0.15) is 53.8 Å². The highest BCUT2D eigenvalue weighted by atomic mass is 16.5. The Labute approximate surface area is 183 Å². The van der Waals surface area contributed by atoms with Crippen LogP contribution in [0.25, 0.3) is 11.5 Å². The number of aromatic nitrogens is 1. The Bertz CT molecular complexity index is 1070. The quantitative estimate of drug-likeness (QED) is 0.505. The largest absolute Gasteiger partial charge is 0.493 e. The predicted octanol–water partition coefficient (Wildman–Crippen LogP) is 5.72. The van der Waals surface area contributed by atoms with E-state index in [9.17, 15) is 9.90 Å². The fraction of sp³-hybridized carbons (Fsp3) is 0.385. The van der Waals surface area contributed by atoms with Crippen LogP contribution in [0.15, 0.2) is 46.9 Å². The second kappa shape index (κ2) is 8.96. The van der Waals surface area contributed by atoms with Crippen LogP contribution in [0.2, 0.25) is 0 Å². The number of benzene rings is 2. The lowest BCUT2D eigenvalue weighted by molar-refractivity contribution is -0.142. The van der Waals surface area contributed by atoms with Crippen molar-refractivity contribution < 1.29 is 19.1 Å². The molecule has 4 rings (SSSR count). The third-order valence-corrected chi connectivity index (χ3v) is 6.28. The molecule has 0 fully saturated rings. The van der Waals surface area contributed by atoms with Gasteiger partial charge < -0.3 is 14.3 Å². The van der Waals surface area contributed by atoms with Gasteiger partial charge in [-0.3, -0.25) is 4.79 Å². The van der Waals surface area contributed by atoms with Crippen LogP contribution in [-0.4, -0.2) is 22.7 Å². The minimum absolute atomic E-state index is 0.101. The number of hydrogen-bond donors (Lipinski definition) is 1. The van der Waals surface area contributed by atoms with E-state index in [0.29, 0.717) is 25.3 Å². The van der Waals surface area contributed by atoms with Gasteiger partial charge in [-0.05, 0) is 74.4 Å². The summed E-state index contributed by atoms with van der Waals surface area (Å²) in [6.07, 6.45) is 3.12. The van der Waals surface area contributed by atoms with Crippen molar-refractivity contribution in [2.45, 2.75) is 52.4 Å². The summed E-state index contributed by atoms with van der Waals surface area (Å²) in [6, 6.07) is 14.2. The van der Waals surface area contributed by atoms with Gasteiger partial charge in [-0.1, -0.05) is 30.7 Å². The molecule has 0 spiro atoms. The van der Waals surface area contributed by atoms with E-state index < -0.39 is 5.97 Å². The van der Waals surface area contributed by atoms with Gasteiger partial charge in [0.2, 0.25) is 5.89 Å². The number of ether oxygens (including phenoxy) is 1. The van der Waals surface area contributed by atoms with E-state index in [-0.39, 0.29) is 11.8 Å². The van der Waals surface area contributed by atoms with Crippen LogP contribution in [0.3, 0.4) is 0 Å². The van der Waals surface area contributed by atoms with Crippen molar-refractivity contribution in [3.8, 4) is 17.2 Å². The lowest BCUT2D eigenvalue weighted by atomic mass is 9.85. The monoisotopic (exact) mass is 419 g/mol. The zero-order chi connectivity index (χ0) is 22.0. The molecule has 0 unspecified atom stereocenters. The van der Waals surface area contributed by atoms with Crippen molar-refractivity contribution >= 4 is 5.97 Å². The molecule has 2 aromatic carbocycles. The van der Waals surface area contributed by atoms with Crippen LogP contribution < -0.4 is 4.74 Å². The summed E-state index contributed by atoms with van der Waals surface area (Å²) in [7, 11) is 0. The van der Waals surface area contributed by atoms with E-state index in [1.165, 1.54) is 11.1 Å². The standard InChI is InChI=1S/C26H29NO4/c1-4-21(26(28)29)23-11-9-19-15-20(10-12-22(19)23)30-14-13-24-17(3)31-25(27-24)18-7-5-16(2)6-8-18/h5-8,10,12,15,21,23H,4,9,11,13-14H2,1-3H3,(H,28,29)/t21-,23-/m1/s1. The highest BCUT2D eigenvalue weighted by Gasteiger charge is 2.33. The molecule has 162 valence electrons. The summed E-state index contributed by atoms with van der Waals surface area (Å²) in [6.45, 7) is 6.45. The number of fused-ring (bicyclic) bond motifs is 1. The minimum atomic E-state index is -0.700. The third-order valence-electron chi connectivity index (χ3n) is 6.28. The molecule has 0 radical (unpaired) electrons. The van der Waals surface area contributed by atoms with Crippen LogP contribution in [0.4, 0.5) is 0 Å². The molecule has 0 amide bonds. The van der Waals surface area contributed by atoms with E-state index in [1.807, 2.05) is 38.1 Å². The summed E-state index contributed by atoms with van der Waals surface area (Å²) in [5.74, 6) is 1.36. The highest BCUT2D eigenvalue weighted by molar-refractivity contribution is 5.72. The molecule has 0 bridgehead atoms. The van der Waals surface area contributed by atoms with Gasteiger partial charge in [-0.15, -0.1) is 0 Å².